The summed E-state index contributed by atoms with van der Waals surface area (Å²) in [6, 6.07) is 0.541. The highest BCUT2D eigenvalue weighted by molar-refractivity contribution is 5.72. The standard InChI is InChI=1S/C14H25NO2/c1-2-17-14(16)12-7-4-8-13(9-12)15-10-11-5-3-6-11/h11-13,15H,2-10H2,1H3. The molecule has 2 fully saturated rings. The number of ether oxygens (including phenoxy) is 1. The lowest BCUT2D eigenvalue weighted by Gasteiger charge is -2.32. The Hall–Kier alpha value is -0.570. The number of hydrogen-bond acceptors (Lipinski definition) is 3. The molecule has 98 valence electrons. The third-order valence-electron chi connectivity index (χ3n) is 4.21. The average Bonchev–Trinajstić information content (AvgIpc) is 2.28. The van der Waals surface area contributed by atoms with E-state index in [0.717, 1.165) is 31.7 Å². The van der Waals surface area contributed by atoms with Crippen molar-refractivity contribution in [2.24, 2.45) is 11.8 Å². The van der Waals surface area contributed by atoms with Crippen molar-refractivity contribution in [2.75, 3.05) is 13.2 Å². The highest BCUT2D eigenvalue weighted by Crippen LogP contribution is 2.28. The molecule has 0 amide bonds. The van der Waals surface area contributed by atoms with Crippen molar-refractivity contribution in [1.29, 1.82) is 0 Å². The number of carbonyl (C=O) groups excluding carboxylic acids is 1. The monoisotopic (exact) mass is 239 g/mol. The number of nitrogens with one attached hydrogen (secondary N) is 1. The number of rotatable bonds is 5. The van der Waals surface area contributed by atoms with Gasteiger partial charge >= 0.3 is 5.97 Å². The third kappa shape index (κ3) is 3.70. The quantitative estimate of drug-likeness (QED) is 0.749. The third-order valence-corrected chi connectivity index (χ3v) is 4.21. The predicted octanol–water partition coefficient (Wildman–Crippen LogP) is 2.50. The van der Waals surface area contributed by atoms with Crippen LogP contribution in [-0.2, 0) is 9.53 Å². The molecule has 1 N–H and O–H groups in total. The second kappa shape index (κ2) is 6.39. The lowest BCUT2D eigenvalue weighted by Crippen LogP contribution is -2.40. The minimum absolute atomic E-state index is 0.0163. The first kappa shape index (κ1) is 12.9. The molecule has 17 heavy (non-hydrogen) atoms. The molecule has 0 aromatic carbocycles. The highest BCUT2D eigenvalue weighted by Gasteiger charge is 2.28. The molecular weight excluding hydrogens is 214 g/mol. The molecule has 2 unspecified atom stereocenters. The first-order valence-corrected chi connectivity index (χ1v) is 7.19. The second-order valence-corrected chi connectivity index (χ2v) is 5.52. The number of carbonyl (C=O) groups is 1. The molecule has 2 aliphatic rings. The number of hydrogen-bond donors (Lipinski definition) is 1. The molecule has 0 heterocycles. The van der Waals surface area contributed by atoms with Crippen molar-refractivity contribution >= 4 is 5.97 Å². The van der Waals surface area contributed by atoms with Crippen LogP contribution < -0.4 is 5.32 Å². The maximum atomic E-state index is 11.7. The Balaban J connectivity index is 1.69. The molecule has 0 aromatic heterocycles. The van der Waals surface area contributed by atoms with Crippen molar-refractivity contribution in [1.82, 2.24) is 5.32 Å². The molecule has 0 aromatic rings. The van der Waals surface area contributed by atoms with Crippen LogP contribution in [0.3, 0.4) is 0 Å². The van der Waals surface area contributed by atoms with E-state index < -0.39 is 0 Å². The molecule has 2 saturated carbocycles. The van der Waals surface area contributed by atoms with Crippen LogP contribution >= 0.6 is 0 Å². The van der Waals surface area contributed by atoms with Gasteiger partial charge in [-0.15, -0.1) is 0 Å². The summed E-state index contributed by atoms with van der Waals surface area (Å²) in [5, 5.41) is 3.64. The van der Waals surface area contributed by atoms with Gasteiger partial charge in [-0.3, -0.25) is 4.79 Å². The van der Waals surface area contributed by atoms with Gasteiger partial charge < -0.3 is 10.1 Å². The summed E-state index contributed by atoms with van der Waals surface area (Å²) in [7, 11) is 0. The van der Waals surface area contributed by atoms with Gasteiger partial charge in [0.2, 0.25) is 0 Å². The van der Waals surface area contributed by atoms with Crippen LogP contribution in [0.2, 0.25) is 0 Å². The smallest absolute Gasteiger partial charge is 0.308 e. The zero-order chi connectivity index (χ0) is 12.1. The Morgan fingerprint density at radius 1 is 1.24 bits per heavy atom. The molecular formula is C14H25NO2. The summed E-state index contributed by atoms with van der Waals surface area (Å²) >= 11 is 0. The van der Waals surface area contributed by atoms with Gasteiger partial charge in [0.25, 0.3) is 0 Å². The summed E-state index contributed by atoms with van der Waals surface area (Å²) < 4.78 is 5.12. The largest absolute Gasteiger partial charge is 0.466 e. The Kier molecular flexibility index (Phi) is 4.84. The Morgan fingerprint density at radius 2 is 2.00 bits per heavy atom. The van der Waals surface area contributed by atoms with Gasteiger partial charge in [0, 0.05) is 6.04 Å². The van der Waals surface area contributed by atoms with Crippen LogP contribution in [-0.4, -0.2) is 25.2 Å². The SMILES string of the molecule is CCOC(=O)C1CCCC(NCC2CCC2)C1. The molecule has 2 aliphatic carbocycles. The van der Waals surface area contributed by atoms with Crippen molar-refractivity contribution in [3.05, 3.63) is 0 Å². The maximum absolute atomic E-state index is 11.7. The lowest BCUT2D eigenvalue weighted by molar-refractivity contribution is -0.149. The van der Waals surface area contributed by atoms with E-state index in [2.05, 4.69) is 5.32 Å². The Labute approximate surface area is 104 Å². The minimum atomic E-state index is 0.0163. The van der Waals surface area contributed by atoms with Crippen molar-refractivity contribution < 1.29 is 9.53 Å². The first-order chi connectivity index (χ1) is 8.29. The fourth-order valence-corrected chi connectivity index (χ4v) is 2.88. The van der Waals surface area contributed by atoms with Crippen molar-refractivity contribution in [2.45, 2.75) is 57.9 Å². The van der Waals surface area contributed by atoms with Crippen LogP contribution in [0.1, 0.15) is 51.9 Å². The second-order valence-electron chi connectivity index (χ2n) is 5.52. The van der Waals surface area contributed by atoms with Gasteiger partial charge in [-0.05, 0) is 51.5 Å². The fourth-order valence-electron chi connectivity index (χ4n) is 2.88. The van der Waals surface area contributed by atoms with E-state index in [1.54, 1.807) is 0 Å². The van der Waals surface area contributed by atoms with Gasteiger partial charge in [-0.25, -0.2) is 0 Å². The van der Waals surface area contributed by atoms with Crippen LogP contribution in [0.15, 0.2) is 0 Å². The molecule has 0 bridgehead atoms. The van der Waals surface area contributed by atoms with E-state index in [0.29, 0.717) is 12.6 Å². The molecule has 3 nitrogen and oxygen atoms in total. The maximum Gasteiger partial charge on any atom is 0.308 e. The normalized spacial score (nSPS) is 29.7. The first-order valence-electron chi connectivity index (χ1n) is 7.19. The Morgan fingerprint density at radius 3 is 2.65 bits per heavy atom. The molecule has 0 saturated heterocycles. The lowest BCUT2D eigenvalue weighted by atomic mass is 9.83. The molecule has 0 spiro atoms. The van der Waals surface area contributed by atoms with Gasteiger partial charge in [-0.2, -0.15) is 0 Å². The molecule has 0 aliphatic heterocycles. The molecule has 3 heteroatoms. The van der Waals surface area contributed by atoms with Crippen molar-refractivity contribution in [3.63, 3.8) is 0 Å². The zero-order valence-electron chi connectivity index (χ0n) is 10.9. The van der Waals surface area contributed by atoms with Crippen LogP contribution in [0.5, 0.6) is 0 Å². The number of esters is 1. The predicted molar refractivity (Wildman–Crippen MR) is 67.7 cm³/mol. The highest BCUT2D eigenvalue weighted by atomic mass is 16.5. The summed E-state index contributed by atoms with van der Waals surface area (Å²) in [6.07, 6.45) is 8.56. The van der Waals surface area contributed by atoms with E-state index >= 15 is 0 Å². The summed E-state index contributed by atoms with van der Waals surface area (Å²) in [4.78, 5) is 11.7. The molecule has 0 radical (unpaired) electrons. The van der Waals surface area contributed by atoms with E-state index in [4.69, 9.17) is 4.74 Å². The summed E-state index contributed by atoms with van der Waals surface area (Å²) in [5.74, 6) is 1.06. The van der Waals surface area contributed by atoms with Gasteiger partial charge in [-0.1, -0.05) is 12.8 Å². The molecule has 2 rings (SSSR count). The zero-order valence-corrected chi connectivity index (χ0v) is 10.9. The van der Waals surface area contributed by atoms with Crippen LogP contribution in [0, 0.1) is 11.8 Å². The average molecular weight is 239 g/mol. The fraction of sp³-hybridized carbons (Fsp3) is 0.929. The summed E-state index contributed by atoms with van der Waals surface area (Å²) in [6.45, 7) is 3.54. The topological polar surface area (TPSA) is 38.3 Å². The van der Waals surface area contributed by atoms with Crippen molar-refractivity contribution in [3.8, 4) is 0 Å². The van der Waals surface area contributed by atoms with E-state index in [1.807, 2.05) is 6.92 Å². The van der Waals surface area contributed by atoms with E-state index in [9.17, 15) is 4.79 Å². The van der Waals surface area contributed by atoms with Gasteiger partial charge in [0.15, 0.2) is 0 Å². The Bertz CT molecular complexity index is 251. The summed E-state index contributed by atoms with van der Waals surface area (Å²) in [5.41, 5.74) is 0. The van der Waals surface area contributed by atoms with E-state index in [1.165, 1.54) is 25.7 Å². The van der Waals surface area contributed by atoms with E-state index in [-0.39, 0.29) is 11.9 Å². The van der Waals surface area contributed by atoms with Crippen LogP contribution in [0.25, 0.3) is 0 Å². The minimum Gasteiger partial charge on any atom is -0.466 e. The van der Waals surface area contributed by atoms with Gasteiger partial charge in [0.05, 0.1) is 12.5 Å². The molecule has 2 atom stereocenters. The van der Waals surface area contributed by atoms with Crippen LogP contribution in [0.4, 0.5) is 0 Å². The van der Waals surface area contributed by atoms with Gasteiger partial charge in [0.1, 0.15) is 0 Å².